The van der Waals surface area contributed by atoms with Gasteiger partial charge in [0.05, 0.1) is 38.7 Å². The van der Waals surface area contributed by atoms with Crippen molar-refractivity contribution >= 4 is 0 Å². The fourth-order valence-electron chi connectivity index (χ4n) is 2.72. The number of benzene rings is 1. The Morgan fingerprint density at radius 1 is 1.16 bits per heavy atom. The van der Waals surface area contributed by atoms with Gasteiger partial charge in [0.25, 0.3) is 0 Å². The molecule has 1 saturated heterocycles. The second-order valence-electron chi connectivity index (χ2n) is 6.26. The molecule has 0 aliphatic carbocycles. The maximum atomic E-state index is 9.53. The highest BCUT2D eigenvalue weighted by molar-refractivity contribution is 5.16. The number of nitrogens with zero attached hydrogens (tertiary/aromatic N) is 2. The maximum absolute atomic E-state index is 9.53. The van der Waals surface area contributed by atoms with Crippen LogP contribution in [0.1, 0.15) is 24.8 Å². The van der Waals surface area contributed by atoms with E-state index in [1.807, 2.05) is 6.07 Å². The Hall–Kier alpha value is -0.600. The van der Waals surface area contributed by atoms with Crippen LogP contribution in [0.25, 0.3) is 0 Å². The number of piperidine rings is 1. The average Bonchev–Trinajstić information content (AvgIpc) is 2.40. The molecule has 0 amide bonds. The number of halogens is 1. The molecule has 1 aliphatic heterocycles. The minimum Gasteiger partial charge on any atom is -1.00 e. The smallest absolute Gasteiger partial charge is 0.0798 e. The molecule has 1 heterocycles. The van der Waals surface area contributed by atoms with Crippen LogP contribution in [-0.2, 0) is 6.42 Å². The molecule has 0 atom stereocenters. The lowest BCUT2D eigenvalue weighted by atomic mass is 9.75. The van der Waals surface area contributed by atoms with Crippen molar-refractivity contribution in [2.75, 3.05) is 27.2 Å². The molecule has 0 radical (unpaired) electrons. The van der Waals surface area contributed by atoms with Gasteiger partial charge in [0, 0.05) is 12.8 Å². The maximum Gasteiger partial charge on any atom is 0.0798 e. The largest absolute Gasteiger partial charge is 1.00 e. The van der Waals surface area contributed by atoms with Gasteiger partial charge >= 0.3 is 0 Å². The van der Waals surface area contributed by atoms with Gasteiger partial charge in [0.1, 0.15) is 0 Å². The van der Waals surface area contributed by atoms with Gasteiger partial charge in [-0.3, -0.25) is 0 Å². The number of hydrogen-bond donors (Lipinski definition) is 0. The SMILES string of the molecule is C[N+]1(C)CCC(C#N)(CCc2ccccc2)CC1.[I-]. The molecule has 0 unspecified atom stereocenters. The Morgan fingerprint density at radius 2 is 1.74 bits per heavy atom. The third-order valence-electron chi connectivity index (χ3n) is 4.36. The first-order valence-corrected chi connectivity index (χ1v) is 6.83. The van der Waals surface area contributed by atoms with Crippen molar-refractivity contribution in [3.63, 3.8) is 0 Å². The molecule has 0 bridgehead atoms. The van der Waals surface area contributed by atoms with Gasteiger partial charge in [-0.15, -0.1) is 0 Å². The molecule has 19 heavy (non-hydrogen) atoms. The monoisotopic (exact) mass is 370 g/mol. The highest BCUT2D eigenvalue weighted by Gasteiger charge is 2.38. The number of hydrogen-bond acceptors (Lipinski definition) is 1. The molecule has 104 valence electrons. The van der Waals surface area contributed by atoms with E-state index in [9.17, 15) is 5.26 Å². The van der Waals surface area contributed by atoms with Crippen LogP contribution in [0.5, 0.6) is 0 Å². The minimum atomic E-state index is -0.0798. The van der Waals surface area contributed by atoms with Crippen molar-refractivity contribution < 1.29 is 28.5 Å². The van der Waals surface area contributed by atoms with Gasteiger partial charge in [0.2, 0.25) is 0 Å². The Morgan fingerprint density at radius 3 is 2.26 bits per heavy atom. The zero-order valence-electron chi connectivity index (χ0n) is 11.9. The number of nitriles is 1. The molecule has 1 aromatic rings. The molecular formula is C16H23IN2. The van der Waals surface area contributed by atoms with Crippen LogP contribution in [0.4, 0.5) is 0 Å². The summed E-state index contributed by atoms with van der Waals surface area (Å²) < 4.78 is 1.06. The van der Waals surface area contributed by atoms with Crippen LogP contribution in [0.2, 0.25) is 0 Å². The van der Waals surface area contributed by atoms with E-state index in [-0.39, 0.29) is 29.4 Å². The first kappa shape index (κ1) is 16.5. The summed E-state index contributed by atoms with van der Waals surface area (Å²) in [6.07, 6.45) is 4.13. The second kappa shape index (κ2) is 6.71. The Labute approximate surface area is 134 Å². The molecular weight excluding hydrogens is 347 g/mol. The summed E-state index contributed by atoms with van der Waals surface area (Å²) >= 11 is 0. The van der Waals surface area contributed by atoms with Gasteiger partial charge in [-0.25, -0.2) is 0 Å². The minimum absolute atomic E-state index is 0. The van der Waals surface area contributed by atoms with Crippen molar-refractivity contribution in [3.05, 3.63) is 35.9 Å². The quantitative estimate of drug-likeness (QED) is 0.543. The van der Waals surface area contributed by atoms with Gasteiger partial charge in [0.15, 0.2) is 0 Å². The summed E-state index contributed by atoms with van der Waals surface area (Å²) in [6, 6.07) is 13.1. The van der Waals surface area contributed by atoms with Crippen molar-refractivity contribution in [2.45, 2.75) is 25.7 Å². The van der Waals surface area contributed by atoms with Crippen LogP contribution in [0.15, 0.2) is 30.3 Å². The molecule has 3 heteroatoms. The zero-order chi connectivity index (χ0) is 13.1. The summed E-state index contributed by atoms with van der Waals surface area (Å²) in [4.78, 5) is 0. The van der Waals surface area contributed by atoms with E-state index < -0.39 is 0 Å². The van der Waals surface area contributed by atoms with Crippen LogP contribution in [0.3, 0.4) is 0 Å². The van der Waals surface area contributed by atoms with E-state index >= 15 is 0 Å². The fourth-order valence-corrected chi connectivity index (χ4v) is 2.72. The molecule has 2 nitrogen and oxygen atoms in total. The van der Waals surface area contributed by atoms with Gasteiger partial charge in [-0.2, -0.15) is 5.26 Å². The van der Waals surface area contributed by atoms with E-state index in [1.54, 1.807) is 0 Å². The van der Waals surface area contributed by atoms with E-state index in [4.69, 9.17) is 0 Å². The number of rotatable bonds is 3. The summed E-state index contributed by atoms with van der Waals surface area (Å²) in [5, 5.41) is 9.53. The summed E-state index contributed by atoms with van der Waals surface area (Å²) in [5.74, 6) is 0. The lowest BCUT2D eigenvalue weighted by Gasteiger charge is -2.41. The van der Waals surface area contributed by atoms with E-state index in [2.05, 4.69) is 44.4 Å². The molecule has 0 spiro atoms. The zero-order valence-corrected chi connectivity index (χ0v) is 14.1. The third-order valence-corrected chi connectivity index (χ3v) is 4.36. The van der Waals surface area contributed by atoms with Crippen LogP contribution < -0.4 is 24.0 Å². The summed E-state index contributed by atoms with van der Waals surface area (Å²) in [7, 11) is 4.52. The molecule has 1 aromatic carbocycles. The van der Waals surface area contributed by atoms with Crippen LogP contribution in [0, 0.1) is 16.7 Å². The highest BCUT2D eigenvalue weighted by atomic mass is 127. The van der Waals surface area contributed by atoms with Gasteiger partial charge in [-0.05, 0) is 18.4 Å². The molecule has 1 fully saturated rings. The van der Waals surface area contributed by atoms with E-state index in [1.165, 1.54) is 5.56 Å². The molecule has 0 aromatic heterocycles. The standard InChI is InChI=1S/C16H23N2.HI/c1-18(2)12-10-16(14-17,11-13-18)9-8-15-6-4-3-5-7-15;/h3-7H,8-13H2,1-2H3;1H/q+1;/p-1. The van der Waals surface area contributed by atoms with Gasteiger partial charge in [-0.1, -0.05) is 30.3 Å². The summed E-state index contributed by atoms with van der Waals surface area (Å²) in [5.41, 5.74) is 1.27. The predicted octanol–water partition coefficient (Wildman–Crippen LogP) is 0.00338. The third kappa shape index (κ3) is 4.47. The van der Waals surface area contributed by atoms with Crippen LogP contribution >= 0.6 is 0 Å². The normalized spacial score (nSPS) is 20.1. The predicted molar refractivity (Wildman–Crippen MR) is 73.9 cm³/mol. The Balaban J connectivity index is 0.00000180. The number of likely N-dealkylation sites (tertiary alicyclic amines) is 1. The van der Waals surface area contributed by atoms with Crippen LogP contribution in [-0.4, -0.2) is 31.7 Å². The molecule has 0 saturated carbocycles. The summed E-state index contributed by atoms with van der Waals surface area (Å²) in [6.45, 7) is 2.25. The fraction of sp³-hybridized carbons (Fsp3) is 0.562. The topological polar surface area (TPSA) is 23.8 Å². The first-order chi connectivity index (χ1) is 8.55. The van der Waals surface area contributed by atoms with E-state index in [0.717, 1.165) is 43.3 Å². The lowest BCUT2D eigenvalue weighted by molar-refractivity contribution is -0.897. The van der Waals surface area contributed by atoms with Crippen molar-refractivity contribution in [3.8, 4) is 6.07 Å². The second-order valence-corrected chi connectivity index (χ2v) is 6.26. The van der Waals surface area contributed by atoms with Gasteiger partial charge < -0.3 is 28.5 Å². The Bertz CT molecular complexity index is 424. The lowest BCUT2D eigenvalue weighted by Crippen LogP contribution is -3.00. The van der Waals surface area contributed by atoms with Crippen molar-refractivity contribution in [2.24, 2.45) is 5.41 Å². The van der Waals surface area contributed by atoms with E-state index in [0.29, 0.717) is 0 Å². The Kier molecular flexibility index (Phi) is 5.82. The average molecular weight is 370 g/mol. The van der Waals surface area contributed by atoms with Crippen molar-refractivity contribution in [1.29, 1.82) is 5.26 Å². The number of quaternary nitrogens is 1. The molecule has 1 aliphatic rings. The first-order valence-electron chi connectivity index (χ1n) is 6.83. The van der Waals surface area contributed by atoms with Crippen molar-refractivity contribution in [1.82, 2.24) is 0 Å². The molecule has 2 rings (SSSR count). The number of aryl methyl sites for hydroxylation is 1. The molecule has 0 N–H and O–H groups in total. The highest BCUT2D eigenvalue weighted by Crippen LogP contribution is 2.36.